The third-order valence-corrected chi connectivity index (χ3v) is 3.70. The normalized spacial score (nSPS) is 10.3. The Bertz CT molecular complexity index is 677. The number of anilines is 3. The lowest BCUT2D eigenvalue weighted by molar-refractivity contribution is 0.355. The summed E-state index contributed by atoms with van der Waals surface area (Å²) in [5, 5.41) is 3.18. The van der Waals surface area contributed by atoms with Gasteiger partial charge >= 0.3 is 0 Å². The van der Waals surface area contributed by atoms with Crippen LogP contribution in [0.2, 0.25) is 0 Å². The molecule has 0 aliphatic carbocycles. The van der Waals surface area contributed by atoms with Crippen molar-refractivity contribution in [1.29, 1.82) is 0 Å². The molecule has 6 heteroatoms. The van der Waals surface area contributed by atoms with Gasteiger partial charge in [0.05, 0.1) is 30.1 Å². The monoisotopic (exact) mass is 354 g/mol. The van der Waals surface area contributed by atoms with E-state index in [-0.39, 0.29) is 5.82 Å². The number of benzene rings is 2. The fraction of sp³-hybridized carbons (Fsp3) is 0.200. The first kappa shape index (κ1) is 15.4. The fourth-order valence-electron chi connectivity index (χ4n) is 1.93. The number of nitrogen functional groups attached to an aromatic ring is 1. The molecule has 0 aliphatic rings. The van der Waals surface area contributed by atoms with E-state index in [1.54, 1.807) is 32.4 Å². The average molecular weight is 355 g/mol. The molecule has 0 heterocycles. The Kier molecular flexibility index (Phi) is 4.57. The summed E-state index contributed by atoms with van der Waals surface area (Å²) in [6.45, 7) is 1.81. The zero-order chi connectivity index (χ0) is 15.6. The van der Waals surface area contributed by atoms with E-state index < -0.39 is 0 Å². The van der Waals surface area contributed by atoms with Crippen LogP contribution in [-0.4, -0.2) is 14.2 Å². The minimum atomic E-state index is -0.307. The van der Waals surface area contributed by atoms with Gasteiger partial charge in [-0.3, -0.25) is 0 Å². The first-order chi connectivity index (χ1) is 9.96. The van der Waals surface area contributed by atoms with E-state index in [2.05, 4.69) is 21.2 Å². The Morgan fingerprint density at radius 1 is 1.05 bits per heavy atom. The van der Waals surface area contributed by atoms with E-state index in [1.165, 1.54) is 6.07 Å². The van der Waals surface area contributed by atoms with Crippen LogP contribution in [0.5, 0.6) is 11.5 Å². The first-order valence-corrected chi connectivity index (χ1v) is 6.99. The van der Waals surface area contributed by atoms with Crippen molar-refractivity contribution in [2.45, 2.75) is 6.92 Å². The number of hydrogen-bond donors (Lipinski definition) is 2. The van der Waals surface area contributed by atoms with Crippen LogP contribution in [0.3, 0.4) is 0 Å². The van der Waals surface area contributed by atoms with E-state index in [0.717, 1.165) is 11.3 Å². The molecule has 3 N–H and O–H groups in total. The maximum atomic E-state index is 13.5. The first-order valence-electron chi connectivity index (χ1n) is 6.20. The van der Waals surface area contributed by atoms with Gasteiger partial charge in [0.2, 0.25) is 0 Å². The smallest absolute Gasteiger partial charge is 0.162 e. The molecule has 0 unspecified atom stereocenters. The van der Waals surface area contributed by atoms with Crippen LogP contribution < -0.4 is 20.5 Å². The third kappa shape index (κ3) is 3.21. The largest absolute Gasteiger partial charge is 0.493 e. The molecule has 21 heavy (non-hydrogen) atoms. The molecule has 2 aromatic carbocycles. The van der Waals surface area contributed by atoms with Gasteiger partial charge in [0.25, 0.3) is 0 Å². The van der Waals surface area contributed by atoms with Crippen LogP contribution >= 0.6 is 15.9 Å². The van der Waals surface area contributed by atoms with Crippen molar-refractivity contribution >= 4 is 33.0 Å². The van der Waals surface area contributed by atoms with Gasteiger partial charge in [0.15, 0.2) is 11.5 Å². The zero-order valence-electron chi connectivity index (χ0n) is 12.0. The highest BCUT2D eigenvalue weighted by Crippen LogP contribution is 2.37. The number of ether oxygens (including phenoxy) is 2. The summed E-state index contributed by atoms with van der Waals surface area (Å²) < 4.78 is 24.3. The van der Waals surface area contributed by atoms with Crippen LogP contribution in [0, 0.1) is 12.7 Å². The van der Waals surface area contributed by atoms with Gasteiger partial charge < -0.3 is 20.5 Å². The summed E-state index contributed by atoms with van der Waals surface area (Å²) in [6.07, 6.45) is 0. The Hall–Kier alpha value is -1.95. The summed E-state index contributed by atoms with van der Waals surface area (Å²) in [5.74, 6) is 0.809. The number of methoxy groups -OCH3 is 2. The fourth-order valence-corrected chi connectivity index (χ4v) is 2.27. The van der Waals surface area contributed by atoms with E-state index in [1.807, 2.05) is 6.92 Å². The van der Waals surface area contributed by atoms with Gasteiger partial charge in [-0.2, -0.15) is 0 Å². The van der Waals surface area contributed by atoms with Crippen LogP contribution in [0.15, 0.2) is 28.7 Å². The highest BCUT2D eigenvalue weighted by atomic mass is 79.9. The quantitative estimate of drug-likeness (QED) is 0.806. The highest BCUT2D eigenvalue weighted by molar-refractivity contribution is 9.10. The van der Waals surface area contributed by atoms with Gasteiger partial charge in [-0.15, -0.1) is 0 Å². The minimum absolute atomic E-state index is 0.307. The molecule has 0 saturated heterocycles. The molecule has 0 spiro atoms. The third-order valence-electron chi connectivity index (χ3n) is 3.09. The predicted octanol–water partition coefficient (Wildman–Crippen LogP) is 4.24. The SMILES string of the molecule is COc1cc(N)c(Nc2cc(Br)c(F)cc2C)cc1OC. The Morgan fingerprint density at radius 3 is 2.29 bits per heavy atom. The van der Waals surface area contributed by atoms with Crippen molar-refractivity contribution in [3.8, 4) is 11.5 Å². The number of halogens is 2. The number of aryl methyl sites for hydroxylation is 1. The topological polar surface area (TPSA) is 56.5 Å². The van der Waals surface area contributed by atoms with Gasteiger partial charge in [0.1, 0.15) is 5.82 Å². The van der Waals surface area contributed by atoms with Gasteiger partial charge in [-0.1, -0.05) is 0 Å². The Balaban J connectivity index is 2.42. The second-order valence-corrected chi connectivity index (χ2v) is 5.36. The van der Waals surface area contributed by atoms with Crippen molar-refractivity contribution in [2.75, 3.05) is 25.3 Å². The maximum Gasteiger partial charge on any atom is 0.162 e. The predicted molar refractivity (Wildman–Crippen MR) is 86.1 cm³/mol. The van der Waals surface area contributed by atoms with E-state index >= 15 is 0 Å². The summed E-state index contributed by atoms with van der Waals surface area (Å²) in [5.41, 5.74) is 8.69. The number of hydrogen-bond acceptors (Lipinski definition) is 4. The van der Waals surface area contributed by atoms with E-state index in [9.17, 15) is 4.39 Å². The molecule has 0 radical (unpaired) electrons. The molecule has 2 aromatic rings. The van der Waals surface area contributed by atoms with Crippen molar-refractivity contribution in [1.82, 2.24) is 0 Å². The van der Waals surface area contributed by atoms with Gasteiger partial charge in [-0.05, 0) is 40.5 Å². The van der Waals surface area contributed by atoms with Crippen molar-refractivity contribution < 1.29 is 13.9 Å². The molecule has 2 rings (SSSR count). The molecule has 0 aromatic heterocycles. The standard InChI is InChI=1S/C15H16BrFN2O2/c1-8-4-10(17)9(16)5-12(8)19-13-7-15(21-3)14(20-2)6-11(13)18/h4-7,19H,18H2,1-3H3. The molecular weight excluding hydrogens is 339 g/mol. The maximum absolute atomic E-state index is 13.5. The molecule has 0 amide bonds. The second-order valence-electron chi connectivity index (χ2n) is 4.50. The Morgan fingerprint density at radius 2 is 1.67 bits per heavy atom. The Labute approximate surface area is 131 Å². The highest BCUT2D eigenvalue weighted by Gasteiger charge is 2.11. The number of nitrogens with one attached hydrogen (secondary N) is 1. The van der Waals surface area contributed by atoms with Crippen molar-refractivity contribution in [3.05, 3.63) is 40.1 Å². The summed E-state index contributed by atoms with van der Waals surface area (Å²) >= 11 is 3.17. The van der Waals surface area contributed by atoms with Crippen LogP contribution in [0.4, 0.5) is 21.5 Å². The minimum Gasteiger partial charge on any atom is -0.493 e. The van der Waals surface area contributed by atoms with Gasteiger partial charge in [0, 0.05) is 17.8 Å². The molecule has 112 valence electrons. The molecule has 0 atom stereocenters. The van der Waals surface area contributed by atoms with Crippen molar-refractivity contribution in [3.63, 3.8) is 0 Å². The lowest BCUT2D eigenvalue weighted by atomic mass is 10.1. The molecule has 4 nitrogen and oxygen atoms in total. The molecule has 0 bridgehead atoms. The number of nitrogens with two attached hydrogens (primary N) is 1. The summed E-state index contributed by atoms with van der Waals surface area (Å²) in [4.78, 5) is 0. The molecule has 0 aliphatic heterocycles. The van der Waals surface area contributed by atoms with Crippen molar-refractivity contribution in [2.24, 2.45) is 0 Å². The lowest BCUT2D eigenvalue weighted by Crippen LogP contribution is -2.01. The van der Waals surface area contributed by atoms with E-state index in [4.69, 9.17) is 15.2 Å². The van der Waals surface area contributed by atoms with Gasteiger partial charge in [-0.25, -0.2) is 4.39 Å². The number of rotatable bonds is 4. The lowest BCUT2D eigenvalue weighted by Gasteiger charge is -2.15. The molecular formula is C15H16BrFN2O2. The van der Waals surface area contributed by atoms with Crippen LogP contribution in [-0.2, 0) is 0 Å². The van der Waals surface area contributed by atoms with E-state index in [0.29, 0.717) is 27.3 Å². The second kappa shape index (κ2) is 6.22. The zero-order valence-corrected chi connectivity index (χ0v) is 13.5. The molecule has 0 saturated carbocycles. The van der Waals surface area contributed by atoms with Crippen LogP contribution in [0.1, 0.15) is 5.56 Å². The summed E-state index contributed by atoms with van der Waals surface area (Å²) in [6, 6.07) is 6.53. The summed E-state index contributed by atoms with van der Waals surface area (Å²) in [7, 11) is 3.10. The van der Waals surface area contributed by atoms with Crippen LogP contribution in [0.25, 0.3) is 0 Å². The average Bonchev–Trinajstić information content (AvgIpc) is 2.46. The molecule has 0 fully saturated rings.